The molecule has 17 heavy (non-hydrogen) atoms. The molecule has 0 saturated heterocycles. The molecule has 0 aliphatic rings. The van der Waals surface area contributed by atoms with Crippen LogP contribution >= 0.6 is 0 Å². The molecule has 0 aromatic carbocycles. The van der Waals surface area contributed by atoms with Gasteiger partial charge in [0.1, 0.15) is 11.3 Å². The van der Waals surface area contributed by atoms with Gasteiger partial charge in [-0.15, -0.1) is 0 Å². The molecular weight excluding hydrogens is 218 g/mol. The highest BCUT2D eigenvalue weighted by atomic mass is 16.3. The number of nitrogens with one attached hydrogen (secondary N) is 1. The smallest absolute Gasteiger partial charge is 0.288 e. The molecule has 3 aromatic heterocycles. The Bertz CT molecular complexity index is 761. The first-order chi connectivity index (χ1) is 8.09. The van der Waals surface area contributed by atoms with Gasteiger partial charge >= 0.3 is 0 Å². The molecule has 0 saturated carbocycles. The number of furan rings is 1. The number of rotatable bonds is 1. The van der Waals surface area contributed by atoms with Gasteiger partial charge in [-0.25, -0.2) is 5.10 Å². The summed E-state index contributed by atoms with van der Waals surface area (Å²) in [7, 11) is 0. The number of hydrogen-bond donors (Lipinski definition) is 1. The lowest BCUT2D eigenvalue weighted by Gasteiger charge is -2.08. The Kier molecular flexibility index (Phi) is 1.92. The van der Waals surface area contributed by atoms with E-state index in [0.29, 0.717) is 5.52 Å². The van der Waals surface area contributed by atoms with Gasteiger partial charge in [-0.05, 0) is 20.8 Å². The summed E-state index contributed by atoms with van der Waals surface area (Å²) in [6.45, 7) is 5.99. The van der Waals surface area contributed by atoms with Gasteiger partial charge in [0.25, 0.3) is 5.56 Å². The van der Waals surface area contributed by atoms with Crippen molar-refractivity contribution in [2.75, 3.05) is 0 Å². The van der Waals surface area contributed by atoms with Crippen molar-refractivity contribution in [2.24, 2.45) is 0 Å². The minimum Gasteiger partial charge on any atom is -0.459 e. The van der Waals surface area contributed by atoms with Crippen molar-refractivity contribution < 1.29 is 4.42 Å². The lowest BCUT2D eigenvalue weighted by molar-refractivity contribution is 0.581. The first-order valence-electron chi connectivity index (χ1n) is 5.57. The minimum atomic E-state index is -0.180. The number of aryl methyl sites for hydroxylation is 1. The van der Waals surface area contributed by atoms with E-state index in [0.717, 1.165) is 22.2 Å². The zero-order valence-corrected chi connectivity index (χ0v) is 9.94. The third-order valence-corrected chi connectivity index (χ3v) is 2.93. The van der Waals surface area contributed by atoms with Crippen LogP contribution in [0.15, 0.2) is 21.5 Å². The number of hydrogen-bond acceptors (Lipinski definition) is 3. The van der Waals surface area contributed by atoms with Crippen LogP contribution in [0.5, 0.6) is 0 Å². The fourth-order valence-corrected chi connectivity index (χ4v) is 2.33. The van der Waals surface area contributed by atoms with Crippen LogP contribution in [-0.4, -0.2) is 14.8 Å². The van der Waals surface area contributed by atoms with E-state index < -0.39 is 0 Å². The molecule has 88 valence electrons. The predicted molar refractivity (Wildman–Crippen MR) is 65.2 cm³/mol. The van der Waals surface area contributed by atoms with Gasteiger partial charge in [0, 0.05) is 12.1 Å². The van der Waals surface area contributed by atoms with Crippen LogP contribution in [0.2, 0.25) is 0 Å². The molecule has 0 radical (unpaired) electrons. The zero-order chi connectivity index (χ0) is 12.2. The normalized spacial score (nSPS) is 12.0. The van der Waals surface area contributed by atoms with E-state index in [2.05, 4.69) is 10.2 Å². The summed E-state index contributed by atoms with van der Waals surface area (Å²) in [5, 5.41) is 7.07. The highest BCUT2D eigenvalue weighted by Crippen LogP contribution is 2.31. The third-order valence-electron chi connectivity index (χ3n) is 2.93. The van der Waals surface area contributed by atoms with Crippen LogP contribution in [0, 0.1) is 6.92 Å². The second-order valence-corrected chi connectivity index (χ2v) is 4.50. The average Bonchev–Trinajstić information content (AvgIpc) is 2.74. The summed E-state index contributed by atoms with van der Waals surface area (Å²) >= 11 is 0. The number of nitrogens with zero attached hydrogens (tertiary/aromatic N) is 2. The van der Waals surface area contributed by atoms with Gasteiger partial charge in [0.05, 0.1) is 17.1 Å². The van der Waals surface area contributed by atoms with E-state index in [1.54, 1.807) is 6.20 Å². The van der Waals surface area contributed by atoms with Gasteiger partial charge in [0.2, 0.25) is 0 Å². The Morgan fingerprint density at radius 2 is 2.24 bits per heavy atom. The van der Waals surface area contributed by atoms with E-state index in [4.69, 9.17) is 4.42 Å². The molecule has 0 aliphatic carbocycles. The molecule has 0 spiro atoms. The van der Waals surface area contributed by atoms with E-state index in [1.807, 2.05) is 31.4 Å². The first kappa shape index (κ1) is 10.1. The summed E-state index contributed by atoms with van der Waals surface area (Å²) in [6.07, 6.45) is 1.64. The molecule has 3 aromatic rings. The quantitative estimate of drug-likeness (QED) is 0.699. The van der Waals surface area contributed by atoms with Crippen LogP contribution < -0.4 is 5.56 Å². The molecule has 3 heterocycles. The van der Waals surface area contributed by atoms with Gasteiger partial charge in [-0.1, -0.05) is 0 Å². The fourth-order valence-electron chi connectivity index (χ4n) is 2.33. The molecule has 5 nitrogen and oxygen atoms in total. The van der Waals surface area contributed by atoms with Gasteiger partial charge < -0.3 is 8.98 Å². The van der Waals surface area contributed by atoms with Crippen molar-refractivity contribution in [3.63, 3.8) is 0 Å². The monoisotopic (exact) mass is 231 g/mol. The third kappa shape index (κ3) is 1.25. The van der Waals surface area contributed by atoms with Gasteiger partial charge in [-0.3, -0.25) is 4.79 Å². The lowest BCUT2D eigenvalue weighted by atomic mass is 10.3. The van der Waals surface area contributed by atoms with Crippen molar-refractivity contribution in [1.82, 2.24) is 14.8 Å². The Labute approximate surface area is 97.0 Å². The maximum Gasteiger partial charge on any atom is 0.288 e. The topological polar surface area (TPSA) is 63.8 Å². The second kappa shape index (κ2) is 3.23. The van der Waals surface area contributed by atoms with Crippen molar-refractivity contribution in [3.05, 3.63) is 28.4 Å². The fraction of sp³-hybridized carbons (Fsp3) is 0.333. The maximum atomic E-state index is 11.9. The van der Waals surface area contributed by atoms with Crippen molar-refractivity contribution in [2.45, 2.75) is 26.8 Å². The first-order valence-corrected chi connectivity index (χ1v) is 5.57. The highest BCUT2D eigenvalue weighted by Gasteiger charge is 2.18. The Hall–Kier alpha value is -2.04. The summed E-state index contributed by atoms with van der Waals surface area (Å²) in [4.78, 5) is 11.9. The van der Waals surface area contributed by atoms with Crippen LogP contribution in [0.4, 0.5) is 0 Å². The highest BCUT2D eigenvalue weighted by molar-refractivity contribution is 6.04. The molecule has 0 unspecified atom stereocenters. The predicted octanol–water partition coefficient (Wildman–Crippen LogP) is 2.36. The Morgan fingerprint density at radius 3 is 2.94 bits per heavy atom. The summed E-state index contributed by atoms with van der Waals surface area (Å²) in [6, 6.07) is 2.14. The van der Waals surface area contributed by atoms with E-state index in [9.17, 15) is 4.79 Å². The minimum absolute atomic E-state index is 0.180. The summed E-state index contributed by atoms with van der Waals surface area (Å²) in [5.74, 6) is 0.839. The lowest BCUT2D eigenvalue weighted by Crippen LogP contribution is -2.13. The van der Waals surface area contributed by atoms with E-state index in [1.165, 1.54) is 0 Å². The molecule has 3 rings (SSSR count). The number of aromatic amines is 1. The Morgan fingerprint density at radius 1 is 1.47 bits per heavy atom. The number of H-pyrrole nitrogens is 1. The van der Waals surface area contributed by atoms with Crippen molar-refractivity contribution >= 4 is 22.0 Å². The van der Waals surface area contributed by atoms with E-state index in [-0.39, 0.29) is 11.6 Å². The average molecular weight is 231 g/mol. The Balaban J connectivity index is 2.65. The maximum absolute atomic E-state index is 11.9. The van der Waals surface area contributed by atoms with Crippen LogP contribution in [0.3, 0.4) is 0 Å². The number of aromatic nitrogens is 3. The van der Waals surface area contributed by atoms with Crippen LogP contribution in [0.1, 0.15) is 25.6 Å². The van der Waals surface area contributed by atoms with Gasteiger partial charge in [-0.2, -0.15) is 5.10 Å². The summed E-state index contributed by atoms with van der Waals surface area (Å²) in [5.41, 5.74) is 2.14. The molecule has 1 N–H and O–H groups in total. The van der Waals surface area contributed by atoms with Gasteiger partial charge in [0.15, 0.2) is 5.58 Å². The summed E-state index contributed by atoms with van der Waals surface area (Å²) < 4.78 is 7.64. The van der Waals surface area contributed by atoms with Crippen molar-refractivity contribution in [1.29, 1.82) is 0 Å². The molecule has 0 fully saturated rings. The zero-order valence-electron chi connectivity index (χ0n) is 9.94. The molecule has 0 amide bonds. The second-order valence-electron chi connectivity index (χ2n) is 4.50. The van der Waals surface area contributed by atoms with E-state index >= 15 is 0 Å². The molecule has 0 aliphatic heterocycles. The number of fused-ring (bicyclic) bond motifs is 3. The molecular formula is C12H13N3O2. The van der Waals surface area contributed by atoms with Crippen LogP contribution in [0.25, 0.3) is 22.0 Å². The van der Waals surface area contributed by atoms with Crippen LogP contribution in [-0.2, 0) is 0 Å². The molecule has 5 heteroatoms. The molecule has 0 bridgehead atoms. The standard InChI is InChI=1S/C12H13N3O2/c1-6(2)15-9-4-7(3)17-11(9)8-5-13-14-12(16)10(8)15/h4-6H,1-3H3,(H,14,16). The largest absolute Gasteiger partial charge is 0.459 e. The molecule has 0 atom stereocenters. The van der Waals surface area contributed by atoms with Crippen molar-refractivity contribution in [3.8, 4) is 0 Å². The SMILES string of the molecule is Cc1cc2c(o1)c1cn[nH]c(=O)c1n2C(C)C.